The van der Waals surface area contributed by atoms with E-state index in [0.717, 1.165) is 22.9 Å². The molecule has 0 nitrogen and oxygen atoms in total. The van der Waals surface area contributed by atoms with Crippen molar-refractivity contribution in [1.29, 1.82) is 0 Å². The minimum atomic E-state index is 0.775. The van der Waals surface area contributed by atoms with Crippen LogP contribution >= 0.6 is 11.6 Å². The fraction of sp³-hybridized carbons (Fsp3) is 0.579. The smallest absolute Gasteiger partial charge is 0.0406 e. The molecule has 0 amide bonds. The van der Waals surface area contributed by atoms with Crippen molar-refractivity contribution in [3.63, 3.8) is 0 Å². The Bertz CT molecular complexity index is 431. The van der Waals surface area contributed by atoms with Crippen molar-refractivity contribution in [3.05, 3.63) is 34.9 Å². The van der Waals surface area contributed by atoms with Crippen LogP contribution in [0.4, 0.5) is 0 Å². The maximum atomic E-state index is 5.84. The molecule has 0 radical (unpaired) electrons. The molecule has 0 spiro atoms. The average Bonchev–Trinajstić information content (AvgIpc) is 2.41. The van der Waals surface area contributed by atoms with Crippen molar-refractivity contribution in [2.45, 2.75) is 64.2 Å². The lowest BCUT2D eigenvalue weighted by Crippen LogP contribution is -2.10. The van der Waals surface area contributed by atoms with Gasteiger partial charge in [-0.05, 0) is 36.6 Å². The lowest BCUT2D eigenvalue weighted by molar-refractivity contribution is 0.286. The largest absolute Gasteiger partial charge is 0.0979 e. The van der Waals surface area contributed by atoms with E-state index in [9.17, 15) is 0 Å². The Morgan fingerprint density at radius 2 is 1.65 bits per heavy atom. The third-order valence-corrected chi connectivity index (χ3v) is 4.47. The number of unbranched alkanes of at least 4 members (excludes halogenated alkanes) is 5. The van der Waals surface area contributed by atoms with Crippen molar-refractivity contribution in [2.75, 3.05) is 0 Å². The van der Waals surface area contributed by atoms with Gasteiger partial charge in [0.2, 0.25) is 0 Å². The highest BCUT2D eigenvalue weighted by atomic mass is 35.5. The van der Waals surface area contributed by atoms with Crippen LogP contribution in [0.3, 0.4) is 0 Å². The molecule has 1 saturated carbocycles. The van der Waals surface area contributed by atoms with Crippen LogP contribution in [0.1, 0.15) is 69.8 Å². The van der Waals surface area contributed by atoms with Crippen molar-refractivity contribution in [3.8, 4) is 11.8 Å². The number of hydrogen-bond donors (Lipinski definition) is 0. The fourth-order valence-corrected chi connectivity index (χ4v) is 2.78. The minimum Gasteiger partial charge on any atom is -0.0979 e. The molecule has 1 aliphatic rings. The number of benzene rings is 1. The molecule has 1 aromatic carbocycles. The molecule has 1 fully saturated rings. The molecule has 0 heterocycles. The Balaban J connectivity index is 1.46. The molecule has 1 aromatic rings. The number of halogens is 1. The second-order valence-corrected chi connectivity index (χ2v) is 6.35. The van der Waals surface area contributed by atoms with E-state index >= 15 is 0 Å². The Kier molecular flexibility index (Phi) is 7.02. The molecular formula is C19H25Cl. The summed E-state index contributed by atoms with van der Waals surface area (Å²) in [7, 11) is 0. The van der Waals surface area contributed by atoms with Crippen molar-refractivity contribution in [1.82, 2.24) is 0 Å². The van der Waals surface area contributed by atoms with Gasteiger partial charge in [-0.2, -0.15) is 0 Å². The maximum absolute atomic E-state index is 5.84. The third-order valence-electron chi connectivity index (χ3n) is 4.22. The fourth-order valence-electron chi connectivity index (χ4n) is 2.66. The Hall–Kier alpha value is -0.930. The summed E-state index contributed by atoms with van der Waals surface area (Å²) in [5.74, 6) is 7.53. The van der Waals surface area contributed by atoms with Gasteiger partial charge in [0.05, 0.1) is 0 Å². The SMILES string of the molecule is Clc1ccc(C#CCCCCCCCC2CCC2)cc1. The van der Waals surface area contributed by atoms with Gasteiger partial charge >= 0.3 is 0 Å². The Morgan fingerprint density at radius 3 is 2.35 bits per heavy atom. The zero-order valence-electron chi connectivity index (χ0n) is 12.3. The first-order chi connectivity index (χ1) is 9.84. The number of hydrogen-bond acceptors (Lipinski definition) is 0. The molecule has 0 N–H and O–H groups in total. The first-order valence-corrected chi connectivity index (χ1v) is 8.47. The summed E-state index contributed by atoms with van der Waals surface area (Å²) in [6.07, 6.45) is 13.8. The molecule has 0 unspecified atom stereocenters. The molecule has 0 aliphatic heterocycles. The number of rotatable bonds is 7. The Morgan fingerprint density at radius 1 is 0.950 bits per heavy atom. The highest BCUT2D eigenvalue weighted by Gasteiger charge is 2.15. The van der Waals surface area contributed by atoms with Gasteiger partial charge in [0.25, 0.3) is 0 Å². The molecule has 0 bridgehead atoms. The summed E-state index contributed by atoms with van der Waals surface area (Å²) in [5.41, 5.74) is 1.06. The van der Waals surface area contributed by atoms with Crippen LogP contribution in [-0.2, 0) is 0 Å². The monoisotopic (exact) mass is 288 g/mol. The van der Waals surface area contributed by atoms with Crippen LogP contribution in [0.5, 0.6) is 0 Å². The summed E-state index contributed by atoms with van der Waals surface area (Å²) >= 11 is 5.84. The van der Waals surface area contributed by atoms with E-state index in [1.165, 1.54) is 57.8 Å². The molecule has 20 heavy (non-hydrogen) atoms. The predicted molar refractivity (Wildman–Crippen MR) is 88.0 cm³/mol. The highest BCUT2D eigenvalue weighted by Crippen LogP contribution is 2.31. The van der Waals surface area contributed by atoms with Crippen molar-refractivity contribution in [2.24, 2.45) is 5.92 Å². The first kappa shape index (κ1) is 15.5. The molecule has 108 valence electrons. The van der Waals surface area contributed by atoms with Gasteiger partial charge in [-0.15, -0.1) is 0 Å². The highest BCUT2D eigenvalue weighted by molar-refractivity contribution is 6.30. The van der Waals surface area contributed by atoms with E-state index in [1.807, 2.05) is 24.3 Å². The van der Waals surface area contributed by atoms with Gasteiger partial charge in [-0.3, -0.25) is 0 Å². The second-order valence-electron chi connectivity index (χ2n) is 5.91. The summed E-state index contributed by atoms with van der Waals surface area (Å²) in [6.45, 7) is 0. The molecule has 2 rings (SSSR count). The van der Waals surface area contributed by atoms with E-state index in [0.29, 0.717) is 0 Å². The van der Waals surface area contributed by atoms with Crippen LogP contribution < -0.4 is 0 Å². The molecule has 1 heteroatoms. The van der Waals surface area contributed by atoms with Gasteiger partial charge in [0.15, 0.2) is 0 Å². The van der Waals surface area contributed by atoms with E-state index < -0.39 is 0 Å². The van der Waals surface area contributed by atoms with Crippen molar-refractivity contribution < 1.29 is 0 Å². The van der Waals surface area contributed by atoms with Crippen LogP contribution in [0.25, 0.3) is 0 Å². The van der Waals surface area contributed by atoms with E-state index in [4.69, 9.17) is 11.6 Å². The van der Waals surface area contributed by atoms with Crippen LogP contribution in [0.15, 0.2) is 24.3 Å². The summed E-state index contributed by atoms with van der Waals surface area (Å²) in [4.78, 5) is 0. The van der Waals surface area contributed by atoms with Crippen LogP contribution in [0.2, 0.25) is 5.02 Å². The van der Waals surface area contributed by atoms with E-state index in [1.54, 1.807) is 0 Å². The van der Waals surface area contributed by atoms with E-state index in [-0.39, 0.29) is 0 Å². The van der Waals surface area contributed by atoms with Gasteiger partial charge in [-0.1, -0.05) is 74.8 Å². The van der Waals surface area contributed by atoms with Gasteiger partial charge < -0.3 is 0 Å². The molecular weight excluding hydrogens is 264 g/mol. The lowest BCUT2D eigenvalue weighted by Gasteiger charge is -2.24. The minimum absolute atomic E-state index is 0.775. The molecule has 1 aliphatic carbocycles. The molecule has 0 aromatic heterocycles. The average molecular weight is 289 g/mol. The normalized spacial score (nSPS) is 14.4. The van der Waals surface area contributed by atoms with E-state index in [2.05, 4.69) is 11.8 Å². The lowest BCUT2D eigenvalue weighted by atomic mass is 9.81. The second kappa shape index (κ2) is 9.09. The quantitative estimate of drug-likeness (QED) is 0.412. The zero-order chi connectivity index (χ0) is 14.0. The van der Waals surface area contributed by atoms with Crippen LogP contribution in [-0.4, -0.2) is 0 Å². The first-order valence-electron chi connectivity index (χ1n) is 8.09. The standard InChI is InChI=1S/C19H25Cl/c20-19-15-13-18(14-16-19)10-7-5-3-1-2-4-6-9-17-11-8-12-17/h13-17H,1-6,8-9,11-12H2. The third kappa shape index (κ3) is 6.02. The summed E-state index contributed by atoms with van der Waals surface area (Å²) in [6, 6.07) is 7.76. The maximum Gasteiger partial charge on any atom is 0.0406 e. The Labute approximate surface area is 128 Å². The van der Waals surface area contributed by atoms with Gasteiger partial charge in [0, 0.05) is 17.0 Å². The van der Waals surface area contributed by atoms with Crippen molar-refractivity contribution >= 4 is 11.6 Å². The van der Waals surface area contributed by atoms with Gasteiger partial charge in [-0.25, -0.2) is 0 Å². The van der Waals surface area contributed by atoms with Gasteiger partial charge in [0.1, 0.15) is 0 Å². The predicted octanol–water partition coefficient (Wildman–Crippen LogP) is 6.22. The molecule has 0 atom stereocenters. The summed E-state index contributed by atoms with van der Waals surface area (Å²) in [5, 5.41) is 0.775. The summed E-state index contributed by atoms with van der Waals surface area (Å²) < 4.78 is 0. The van der Waals surface area contributed by atoms with Crippen LogP contribution in [0, 0.1) is 17.8 Å². The zero-order valence-corrected chi connectivity index (χ0v) is 13.1. The molecule has 0 saturated heterocycles. The topological polar surface area (TPSA) is 0 Å².